The van der Waals surface area contributed by atoms with Gasteiger partial charge in [0.1, 0.15) is 5.56 Å². The molecule has 0 aliphatic heterocycles. The van der Waals surface area contributed by atoms with Crippen LogP contribution in [0.2, 0.25) is 0 Å². The van der Waals surface area contributed by atoms with Crippen LogP contribution in [-0.4, -0.2) is 29.2 Å². The van der Waals surface area contributed by atoms with Crippen LogP contribution >= 0.6 is 0 Å². The predicted octanol–water partition coefficient (Wildman–Crippen LogP) is 1.71. The van der Waals surface area contributed by atoms with Gasteiger partial charge in [0.05, 0.1) is 12.8 Å². The third-order valence-corrected chi connectivity index (χ3v) is 2.55. The standard InChI is InChI=1S/C9H10F2N2O2/c1-15-8(14)6-4-12-13-7(6)5-2-9(10,11)3-5/h4-5H,2-3H2,1H3,(H,12,13). The first-order valence-electron chi connectivity index (χ1n) is 4.53. The largest absolute Gasteiger partial charge is 0.465 e. The molecule has 0 amide bonds. The summed E-state index contributed by atoms with van der Waals surface area (Å²) < 4.78 is 29.8. The summed E-state index contributed by atoms with van der Waals surface area (Å²) >= 11 is 0. The number of carbonyl (C=O) groups excluding carboxylic acids is 1. The molecule has 2 rings (SSSR count). The van der Waals surface area contributed by atoms with Crippen LogP contribution < -0.4 is 0 Å². The van der Waals surface area contributed by atoms with Crippen molar-refractivity contribution >= 4 is 5.97 Å². The quantitative estimate of drug-likeness (QED) is 0.765. The van der Waals surface area contributed by atoms with Crippen molar-refractivity contribution in [2.75, 3.05) is 7.11 Å². The molecule has 1 aliphatic carbocycles. The molecule has 1 saturated carbocycles. The van der Waals surface area contributed by atoms with Crippen LogP contribution in [-0.2, 0) is 4.74 Å². The highest BCUT2D eigenvalue weighted by Gasteiger charge is 2.48. The van der Waals surface area contributed by atoms with E-state index in [1.165, 1.54) is 13.3 Å². The number of hydrogen-bond acceptors (Lipinski definition) is 3. The molecule has 1 aromatic heterocycles. The number of ether oxygens (including phenoxy) is 1. The third kappa shape index (κ3) is 1.71. The summed E-state index contributed by atoms with van der Waals surface area (Å²) in [7, 11) is 1.24. The maximum atomic E-state index is 12.6. The maximum Gasteiger partial charge on any atom is 0.341 e. The number of aromatic nitrogens is 2. The van der Waals surface area contributed by atoms with Gasteiger partial charge in [0, 0.05) is 25.0 Å². The summed E-state index contributed by atoms with van der Waals surface area (Å²) in [5.41, 5.74) is 0.630. The van der Waals surface area contributed by atoms with Crippen molar-refractivity contribution in [1.82, 2.24) is 10.2 Å². The van der Waals surface area contributed by atoms with Gasteiger partial charge in [-0.25, -0.2) is 13.6 Å². The summed E-state index contributed by atoms with van der Waals surface area (Å²) in [6, 6.07) is 0. The van der Waals surface area contributed by atoms with Crippen LogP contribution in [0.15, 0.2) is 6.20 Å². The van der Waals surface area contributed by atoms with E-state index in [1.54, 1.807) is 0 Å². The average molecular weight is 216 g/mol. The summed E-state index contributed by atoms with van der Waals surface area (Å²) in [6.45, 7) is 0. The van der Waals surface area contributed by atoms with E-state index in [2.05, 4.69) is 14.9 Å². The van der Waals surface area contributed by atoms with E-state index in [9.17, 15) is 13.6 Å². The monoisotopic (exact) mass is 216 g/mol. The zero-order valence-electron chi connectivity index (χ0n) is 8.09. The van der Waals surface area contributed by atoms with E-state index in [4.69, 9.17) is 0 Å². The van der Waals surface area contributed by atoms with Gasteiger partial charge in [-0.15, -0.1) is 0 Å². The lowest BCUT2D eigenvalue weighted by molar-refractivity contribution is -0.0877. The van der Waals surface area contributed by atoms with Crippen LogP contribution in [0.4, 0.5) is 8.78 Å². The maximum absolute atomic E-state index is 12.6. The van der Waals surface area contributed by atoms with E-state index < -0.39 is 11.9 Å². The molecule has 15 heavy (non-hydrogen) atoms. The molecule has 1 aliphatic rings. The number of H-pyrrole nitrogens is 1. The minimum absolute atomic E-state index is 0.248. The average Bonchev–Trinajstić information content (AvgIpc) is 2.60. The fourth-order valence-electron chi connectivity index (χ4n) is 1.74. The molecule has 0 saturated heterocycles. The number of nitrogens with one attached hydrogen (secondary N) is 1. The predicted molar refractivity (Wildman–Crippen MR) is 46.8 cm³/mol. The van der Waals surface area contributed by atoms with Gasteiger partial charge in [-0.1, -0.05) is 0 Å². The summed E-state index contributed by atoms with van der Waals surface area (Å²) in [5, 5.41) is 6.31. The number of halogens is 2. The van der Waals surface area contributed by atoms with Crippen LogP contribution in [0.3, 0.4) is 0 Å². The van der Waals surface area contributed by atoms with Gasteiger partial charge in [0.2, 0.25) is 5.92 Å². The minimum Gasteiger partial charge on any atom is -0.465 e. The van der Waals surface area contributed by atoms with E-state index in [1.807, 2.05) is 0 Å². The second-order valence-electron chi connectivity index (χ2n) is 3.64. The Labute approximate surface area is 84.6 Å². The number of carbonyl (C=O) groups is 1. The number of aromatic amines is 1. The van der Waals surface area contributed by atoms with Crippen molar-refractivity contribution in [2.45, 2.75) is 24.7 Å². The van der Waals surface area contributed by atoms with Gasteiger partial charge in [0.15, 0.2) is 0 Å². The van der Waals surface area contributed by atoms with E-state index >= 15 is 0 Å². The van der Waals surface area contributed by atoms with E-state index in [0.29, 0.717) is 5.69 Å². The van der Waals surface area contributed by atoms with E-state index in [-0.39, 0.29) is 24.3 Å². The zero-order chi connectivity index (χ0) is 11.1. The first-order valence-corrected chi connectivity index (χ1v) is 4.53. The molecule has 1 N–H and O–H groups in total. The Morgan fingerprint density at radius 2 is 2.33 bits per heavy atom. The fourth-order valence-corrected chi connectivity index (χ4v) is 1.74. The van der Waals surface area contributed by atoms with Gasteiger partial charge >= 0.3 is 5.97 Å². The second kappa shape index (κ2) is 3.29. The van der Waals surface area contributed by atoms with Gasteiger partial charge in [-0.2, -0.15) is 5.10 Å². The Balaban J connectivity index is 2.16. The number of hydrogen-bond donors (Lipinski definition) is 1. The van der Waals surface area contributed by atoms with Gasteiger partial charge in [-0.3, -0.25) is 5.10 Å². The van der Waals surface area contributed by atoms with Crippen molar-refractivity contribution in [3.63, 3.8) is 0 Å². The topological polar surface area (TPSA) is 55.0 Å². The first-order chi connectivity index (χ1) is 7.03. The molecule has 4 nitrogen and oxygen atoms in total. The normalized spacial score (nSPS) is 19.7. The molecule has 1 heterocycles. The van der Waals surface area contributed by atoms with Crippen molar-refractivity contribution < 1.29 is 18.3 Å². The van der Waals surface area contributed by atoms with Crippen LogP contribution in [0, 0.1) is 0 Å². The second-order valence-corrected chi connectivity index (χ2v) is 3.64. The van der Waals surface area contributed by atoms with Gasteiger partial charge < -0.3 is 4.74 Å². The van der Waals surface area contributed by atoms with Crippen LogP contribution in [0.5, 0.6) is 0 Å². The highest BCUT2D eigenvalue weighted by atomic mass is 19.3. The van der Waals surface area contributed by atoms with Crippen molar-refractivity contribution in [1.29, 1.82) is 0 Å². The van der Waals surface area contributed by atoms with Crippen molar-refractivity contribution in [3.8, 4) is 0 Å². The molecule has 0 unspecified atom stereocenters. The number of alkyl halides is 2. The molecule has 0 atom stereocenters. The lowest BCUT2D eigenvalue weighted by Crippen LogP contribution is -2.34. The van der Waals surface area contributed by atoms with Crippen LogP contribution in [0.1, 0.15) is 34.8 Å². The highest BCUT2D eigenvalue weighted by molar-refractivity contribution is 5.90. The lowest BCUT2D eigenvalue weighted by Gasteiger charge is -2.33. The van der Waals surface area contributed by atoms with Crippen molar-refractivity contribution in [2.24, 2.45) is 0 Å². The van der Waals surface area contributed by atoms with Gasteiger partial charge in [0.25, 0.3) is 0 Å². The molecule has 6 heteroatoms. The Morgan fingerprint density at radius 3 is 2.87 bits per heavy atom. The van der Waals surface area contributed by atoms with Crippen LogP contribution in [0.25, 0.3) is 0 Å². The van der Waals surface area contributed by atoms with Gasteiger partial charge in [-0.05, 0) is 0 Å². The molecule has 82 valence electrons. The Hall–Kier alpha value is -1.46. The molecule has 1 fully saturated rings. The van der Waals surface area contributed by atoms with E-state index in [0.717, 1.165) is 0 Å². The summed E-state index contributed by atoms with van der Waals surface area (Å²) in [5.74, 6) is -3.51. The number of nitrogens with zero attached hydrogens (tertiary/aromatic N) is 1. The van der Waals surface area contributed by atoms with Crippen molar-refractivity contribution in [3.05, 3.63) is 17.5 Å². The molecule has 0 bridgehead atoms. The molecule has 0 radical (unpaired) electrons. The smallest absolute Gasteiger partial charge is 0.341 e. The lowest BCUT2D eigenvalue weighted by atomic mass is 9.78. The zero-order valence-corrected chi connectivity index (χ0v) is 8.09. The molecule has 0 spiro atoms. The fraction of sp³-hybridized carbons (Fsp3) is 0.556. The molecular weight excluding hydrogens is 206 g/mol. The summed E-state index contributed by atoms with van der Waals surface area (Å²) in [4.78, 5) is 11.2. The molecule has 1 aromatic rings. The first kappa shape index (κ1) is 10.1. The SMILES string of the molecule is COC(=O)c1c[nH]nc1C1CC(F)(F)C1. The molecule has 0 aromatic carbocycles. The highest BCUT2D eigenvalue weighted by Crippen LogP contribution is 2.48. The number of rotatable bonds is 2. The number of esters is 1. The minimum atomic E-state index is -2.61. The Bertz CT molecular complexity index is 381. The Kier molecular flexibility index (Phi) is 2.21. The number of methoxy groups -OCH3 is 1. The summed E-state index contributed by atoms with van der Waals surface area (Å²) in [6.07, 6.45) is 0.876. The Morgan fingerprint density at radius 1 is 1.67 bits per heavy atom. The third-order valence-electron chi connectivity index (χ3n) is 2.55. The molecular formula is C9H10F2N2O2.